The highest BCUT2D eigenvalue weighted by atomic mass is 32.1. The van der Waals surface area contributed by atoms with E-state index in [0.717, 1.165) is 24.0 Å². The van der Waals surface area contributed by atoms with E-state index in [4.69, 9.17) is 4.98 Å². The van der Waals surface area contributed by atoms with Gasteiger partial charge in [0.25, 0.3) is 0 Å². The van der Waals surface area contributed by atoms with Crippen LogP contribution in [0.5, 0.6) is 0 Å². The van der Waals surface area contributed by atoms with Crippen LogP contribution in [0.25, 0.3) is 4.96 Å². The molecule has 3 heterocycles. The maximum atomic E-state index is 4.77. The summed E-state index contributed by atoms with van der Waals surface area (Å²) in [6.07, 6.45) is 7.12. The highest BCUT2D eigenvalue weighted by Crippen LogP contribution is 2.35. The molecule has 21 heavy (non-hydrogen) atoms. The van der Waals surface area contributed by atoms with Crippen LogP contribution in [0.1, 0.15) is 32.4 Å². The fourth-order valence-corrected chi connectivity index (χ4v) is 4.29. The molecule has 0 aromatic carbocycles. The minimum Gasteiger partial charge on any atom is -0.311 e. The standard InChI is InChI=1S/C16H24N4S/c1-11(2)15-7-17-14(12-3-4-12)10-20(15)9-13-8-19-5-6-21-16(19)18-13/h5-6,8,11-12,14-15,17H,3-4,7,9-10H2,1-2H3. The van der Waals surface area contributed by atoms with Gasteiger partial charge in [-0.25, -0.2) is 4.98 Å². The van der Waals surface area contributed by atoms with Crippen LogP contribution in [-0.4, -0.2) is 39.5 Å². The SMILES string of the molecule is CC(C)C1CNC(C2CC2)CN1Cc1cn2ccsc2n1. The second kappa shape index (κ2) is 5.38. The number of nitrogens with zero attached hydrogens (tertiary/aromatic N) is 3. The Morgan fingerprint density at radius 2 is 2.29 bits per heavy atom. The van der Waals surface area contributed by atoms with E-state index in [0.29, 0.717) is 18.0 Å². The van der Waals surface area contributed by atoms with Crippen LogP contribution >= 0.6 is 11.3 Å². The largest absolute Gasteiger partial charge is 0.311 e. The lowest BCUT2D eigenvalue weighted by molar-refractivity contribution is 0.0842. The van der Waals surface area contributed by atoms with Gasteiger partial charge in [0, 0.05) is 49.5 Å². The predicted molar refractivity (Wildman–Crippen MR) is 86.6 cm³/mol. The summed E-state index contributed by atoms with van der Waals surface area (Å²) in [7, 11) is 0. The summed E-state index contributed by atoms with van der Waals surface area (Å²) in [5.74, 6) is 1.60. The van der Waals surface area contributed by atoms with Crippen molar-refractivity contribution in [2.75, 3.05) is 13.1 Å². The molecule has 2 aromatic rings. The van der Waals surface area contributed by atoms with Crippen molar-refractivity contribution >= 4 is 16.3 Å². The molecule has 4 nitrogen and oxygen atoms in total. The molecule has 1 aliphatic carbocycles. The Kier molecular flexibility index (Phi) is 3.52. The zero-order chi connectivity index (χ0) is 14.4. The van der Waals surface area contributed by atoms with Crippen LogP contribution in [0.4, 0.5) is 0 Å². The predicted octanol–water partition coefficient (Wildman–Crippen LogP) is 2.60. The number of piperazine rings is 1. The molecule has 2 fully saturated rings. The number of hydrogen-bond acceptors (Lipinski definition) is 4. The normalized spacial score (nSPS) is 27.8. The monoisotopic (exact) mass is 304 g/mol. The van der Waals surface area contributed by atoms with Crippen molar-refractivity contribution in [2.45, 2.75) is 45.3 Å². The van der Waals surface area contributed by atoms with Gasteiger partial charge in [-0.1, -0.05) is 13.8 Å². The van der Waals surface area contributed by atoms with E-state index in [1.165, 1.54) is 25.1 Å². The minimum atomic E-state index is 0.625. The Labute approximate surface area is 130 Å². The molecule has 2 aromatic heterocycles. The molecule has 2 atom stereocenters. The van der Waals surface area contributed by atoms with E-state index in [-0.39, 0.29) is 0 Å². The molecule has 114 valence electrons. The van der Waals surface area contributed by atoms with E-state index in [2.05, 4.69) is 46.2 Å². The summed E-state index contributed by atoms with van der Waals surface area (Å²) in [5.41, 5.74) is 1.21. The van der Waals surface area contributed by atoms with Crippen LogP contribution < -0.4 is 5.32 Å². The van der Waals surface area contributed by atoms with E-state index >= 15 is 0 Å². The maximum absolute atomic E-state index is 4.77. The average molecular weight is 304 g/mol. The van der Waals surface area contributed by atoms with Crippen molar-refractivity contribution in [3.63, 3.8) is 0 Å². The number of thiazole rings is 1. The summed E-state index contributed by atoms with van der Waals surface area (Å²) in [4.78, 5) is 8.54. The van der Waals surface area contributed by atoms with Crippen LogP contribution in [0.2, 0.25) is 0 Å². The third-order valence-electron chi connectivity index (χ3n) is 4.96. The zero-order valence-electron chi connectivity index (χ0n) is 12.8. The number of nitrogens with one attached hydrogen (secondary N) is 1. The van der Waals surface area contributed by atoms with Crippen molar-refractivity contribution in [2.24, 2.45) is 11.8 Å². The zero-order valence-corrected chi connectivity index (χ0v) is 13.6. The third kappa shape index (κ3) is 2.74. The summed E-state index contributed by atoms with van der Waals surface area (Å²) in [5, 5.41) is 5.88. The lowest BCUT2D eigenvalue weighted by atomic mass is 9.97. The molecule has 4 rings (SSSR count). The van der Waals surface area contributed by atoms with Gasteiger partial charge in [-0.05, 0) is 24.7 Å². The first-order chi connectivity index (χ1) is 10.2. The lowest BCUT2D eigenvalue weighted by Gasteiger charge is -2.42. The van der Waals surface area contributed by atoms with Crippen molar-refractivity contribution < 1.29 is 0 Å². The average Bonchev–Trinajstić information content (AvgIpc) is 3.10. The molecule has 0 radical (unpaired) electrons. The van der Waals surface area contributed by atoms with Gasteiger partial charge in [-0.2, -0.15) is 0 Å². The van der Waals surface area contributed by atoms with Gasteiger partial charge in [0.1, 0.15) is 0 Å². The van der Waals surface area contributed by atoms with Gasteiger partial charge >= 0.3 is 0 Å². The smallest absolute Gasteiger partial charge is 0.193 e. The van der Waals surface area contributed by atoms with Gasteiger partial charge in [0.15, 0.2) is 4.96 Å². The van der Waals surface area contributed by atoms with E-state index in [1.807, 2.05) is 0 Å². The summed E-state index contributed by atoms with van der Waals surface area (Å²) in [6, 6.07) is 1.32. The second-order valence-electron chi connectivity index (χ2n) is 6.92. The Balaban J connectivity index is 1.52. The minimum absolute atomic E-state index is 0.625. The number of hydrogen-bond donors (Lipinski definition) is 1. The van der Waals surface area contributed by atoms with Crippen molar-refractivity contribution in [1.29, 1.82) is 0 Å². The summed E-state index contributed by atoms with van der Waals surface area (Å²) < 4.78 is 2.14. The van der Waals surface area contributed by atoms with Gasteiger partial charge in [-0.15, -0.1) is 11.3 Å². The van der Waals surface area contributed by atoms with Gasteiger partial charge in [0.2, 0.25) is 0 Å². The van der Waals surface area contributed by atoms with E-state index in [9.17, 15) is 0 Å². The topological polar surface area (TPSA) is 32.6 Å². The molecule has 1 aliphatic heterocycles. The Morgan fingerprint density at radius 3 is 3.00 bits per heavy atom. The fraction of sp³-hybridized carbons (Fsp3) is 0.688. The molecule has 5 heteroatoms. The quantitative estimate of drug-likeness (QED) is 0.942. The molecule has 0 amide bonds. The molecule has 1 N–H and O–H groups in total. The first kappa shape index (κ1) is 13.7. The molecule has 1 saturated heterocycles. The van der Waals surface area contributed by atoms with Crippen LogP contribution in [0.15, 0.2) is 17.8 Å². The molecule has 0 bridgehead atoms. The Hall–Kier alpha value is -0.910. The molecule has 2 aliphatic rings. The Morgan fingerprint density at radius 1 is 1.43 bits per heavy atom. The molecular weight excluding hydrogens is 280 g/mol. The third-order valence-corrected chi connectivity index (χ3v) is 5.73. The highest BCUT2D eigenvalue weighted by molar-refractivity contribution is 7.15. The summed E-state index contributed by atoms with van der Waals surface area (Å²) >= 11 is 1.71. The Bertz CT molecular complexity index is 584. The maximum Gasteiger partial charge on any atom is 0.193 e. The molecule has 1 saturated carbocycles. The number of rotatable bonds is 4. The number of imidazole rings is 1. The number of aromatic nitrogens is 2. The van der Waals surface area contributed by atoms with Gasteiger partial charge < -0.3 is 5.32 Å². The molecular formula is C16H24N4S. The van der Waals surface area contributed by atoms with E-state index < -0.39 is 0 Å². The lowest BCUT2D eigenvalue weighted by Crippen LogP contribution is -2.58. The van der Waals surface area contributed by atoms with Crippen LogP contribution in [-0.2, 0) is 6.54 Å². The van der Waals surface area contributed by atoms with Gasteiger partial charge in [-0.3, -0.25) is 9.30 Å². The van der Waals surface area contributed by atoms with Crippen LogP contribution in [0, 0.1) is 11.8 Å². The van der Waals surface area contributed by atoms with Crippen molar-refractivity contribution in [3.05, 3.63) is 23.5 Å². The number of fused-ring (bicyclic) bond motifs is 1. The molecule has 2 unspecified atom stereocenters. The van der Waals surface area contributed by atoms with Gasteiger partial charge in [0.05, 0.1) is 5.69 Å². The highest BCUT2D eigenvalue weighted by Gasteiger charge is 2.38. The molecule has 0 spiro atoms. The first-order valence-corrected chi connectivity index (χ1v) is 8.97. The summed E-state index contributed by atoms with van der Waals surface area (Å²) in [6.45, 7) is 7.97. The first-order valence-electron chi connectivity index (χ1n) is 8.09. The van der Waals surface area contributed by atoms with Crippen molar-refractivity contribution in [1.82, 2.24) is 19.6 Å². The van der Waals surface area contributed by atoms with Crippen molar-refractivity contribution in [3.8, 4) is 0 Å². The van der Waals surface area contributed by atoms with E-state index in [1.54, 1.807) is 11.3 Å². The second-order valence-corrected chi connectivity index (χ2v) is 7.79. The van der Waals surface area contributed by atoms with Crippen LogP contribution in [0.3, 0.4) is 0 Å². The fourth-order valence-electron chi connectivity index (χ4n) is 3.57.